The third-order valence-electron chi connectivity index (χ3n) is 3.73. The summed E-state index contributed by atoms with van der Waals surface area (Å²) >= 11 is 0. The fraction of sp³-hybridized carbons (Fsp3) is 0.375. The molecule has 11 heteroatoms. The molecule has 8 nitrogen and oxygen atoms in total. The minimum atomic E-state index is -2.00. The van der Waals surface area contributed by atoms with E-state index in [0.717, 1.165) is 20.2 Å². The average molecular weight is 389 g/mol. The van der Waals surface area contributed by atoms with Gasteiger partial charge < -0.3 is 10.2 Å². The van der Waals surface area contributed by atoms with Gasteiger partial charge in [0.1, 0.15) is 17.0 Å². The molecule has 1 N–H and O–H groups in total. The number of ketones is 1. The number of esters is 1. The van der Waals surface area contributed by atoms with Crippen molar-refractivity contribution in [1.29, 1.82) is 0 Å². The lowest BCUT2D eigenvalue weighted by Gasteiger charge is -2.18. The number of benzene rings is 1. The lowest BCUT2D eigenvalue weighted by molar-refractivity contribution is -0.388. The van der Waals surface area contributed by atoms with Crippen LogP contribution in [-0.4, -0.2) is 41.9 Å². The number of nitrogens with zero attached hydrogens (tertiary/aromatic N) is 2. The van der Waals surface area contributed by atoms with Gasteiger partial charge >= 0.3 is 11.7 Å². The molecule has 0 saturated carbocycles. The van der Waals surface area contributed by atoms with Crippen molar-refractivity contribution < 1.29 is 32.4 Å². The Labute approximate surface area is 152 Å². The minimum Gasteiger partial charge on any atom is -0.465 e. The molecule has 0 saturated heterocycles. The summed E-state index contributed by atoms with van der Waals surface area (Å²) < 4.78 is 46.5. The predicted octanol–water partition coefficient (Wildman–Crippen LogP) is 2.41. The van der Waals surface area contributed by atoms with E-state index in [1.54, 1.807) is 13.8 Å². The van der Waals surface area contributed by atoms with E-state index in [-0.39, 0.29) is 0 Å². The minimum absolute atomic E-state index is 0.453. The zero-order valence-corrected chi connectivity index (χ0v) is 15.1. The van der Waals surface area contributed by atoms with Crippen LogP contribution in [0, 0.1) is 34.5 Å². The van der Waals surface area contributed by atoms with E-state index in [1.165, 1.54) is 5.01 Å². The zero-order chi connectivity index (χ0) is 20.9. The number of halogens is 3. The highest BCUT2D eigenvalue weighted by atomic mass is 19.2. The number of carbonyl (C=O) groups is 2. The maximum Gasteiger partial charge on any atom is 0.343 e. The summed E-state index contributed by atoms with van der Waals surface area (Å²) in [4.78, 5) is 34.2. The zero-order valence-electron chi connectivity index (χ0n) is 15.1. The fourth-order valence-electron chi connectivity index (χ4n) is 2.17. The molecule has 27 heavy (non-hydrogen) atoms. The Hall–Kier alpha value is -2.95. The smallest absolute Gasteiger partial charge is 0.343 e. The summed E-state index contributed by atoms with van der Waals surface area (Å²) in [7, 11) is 0.933. The van der Waals surface area contributed by atoms with Crippen LogP contribution in [-0.2, 0) is 9.53 Å². The van der Waals surface area contributed by atoms with E-state index in [9.17, 15) is 32.9 Å². The molecule has 0 aliphatic rings. The molecule has 0 aliphatic heterocycles. The van der Waals surface area contributed by atoms with E-state index < -0.39 is 56.5 Å². The molecule has 0 spiro atoms. The summed E-state index contributed by atoms with van der Waals surface area (Å²) in [5.41, 5.74) is -2.23. The maximum absolute atomic E-state index is 14.4. The van der Waals surface area contributed by atoms with Crippen LogP contribution in [0.3, 0.4) is 0 Å². The SMILES string of the molecule is CCN(CC)N/C=C(/C(=O)OC)C(=O)c1c(F)c(C)c(F)c(F)c1[N+](=O)[O-]. The highest BCUT2D eigenvalue weighted by Crippen LogP contribution is 2.32. The van der Waals surface area contributed by atoms with Crippen LogP contribution in [0.4, 0.5) is 18.9 Å². The van der Waals surface area contributed by atoms with Gasteiger partial charge in [-0.1, -0.05) is 13.8 Å². The van der Waals surface area contributed by atoms with Crippen molar-refractivity contribution in [2.45, 2.75) is 20.8 Å². The predicted molar refractivity (Wildman–Crippen MR) is 88.2 cm³/mol. The molecule has 0 bridgehead atoms. The first kappa shape index (κ1) is 22.1. The molecule has 0 atom stereocenters. The summed E-state index contributed by atoms with van der Waals surface area (Å²) in [6, 6.07) is 0. The number of hydrogen-bond acceptors (Lipinski definition) is 7. The van der Waals surface area contributed by atoms with Crippen LogP contribution in [0.2, 0.25) is 0 Å². The highest BCUT2D eigenvalue weighted by molar-refractivity contribution is 6.25. The van der Waals surface area contributed by atoms with Gasteiger partial charge in [-0.05, 0) is 6.92 Å². The Morgan fingerprint density at radius 2 is 1.74 bits per heavy atom. The average Bonchev–Trinajstić information content (AvgIpc) is 2.65. The second-order valence-electron chi connectivity index (χ2n) is 5.23. The standard InChI is InChI=1S/C16H18F3N3O5/c1-5-21(6-2)20-7-9(16(24)27-4)15(23)10-11(17)8(3)12(18)13(19)14(10)22(25)26/h7,20H,5-6H2,1-4H3/b9-7+. The first-order chi connectivity index (χ1) is 12.6. The highest BCUT2D eigenvalue weighted by Gasteiger charge is 2.37. The first-order valence-corrected chi connectivity index (χ1v) is 7.77. The largest absolute Gasteiger partial charge is 0.465 e. The van der Waals surface area contributed by atoms with Gasteiger partial charge in [0.15, 0.2) is 5.82 Å². The lowest BCUT2D eigenvalue weighted by atomic mass is 9.98. The third kappa shape index (κ3) is 4.42. The van der Waals surface area contributed by atoms with Crippen molar-refractivity contribution in [3.8, 4) is 0 Å². The number of nitro benzene ring substituents is 1. The normalized spacial score (nSPS) is 11.5. The van der Waals surface area contributed by atoms with E-state index in [1.807, 2.05) is 0 Å². The van der Waals surface area contributed by atoms with Crippen molar-refractivity contribution in [3.63, 3.8) is 0 Å². The number of rotatable bonds is 8. The van der Waals surface area contributed by atoms with Crippen molar-refractivity contribution >= 4 is 17.4 Å². The monoisotopic (exact) mass is 389 g/mol. The molecular weight excluding hydrogens is 371 g/mol. The Kier molecular flexibility index (Phi) is 7.46. The number of hydrazine groups is 1. The third-order valence-corrected chi connectivity index (χ3v) is 3.73. The van der Waals surface area contributed by atoms with Gasteiger partial charge in [-0.15, -0.1) is 0 Å². The quantitative estimate of drug-likeness (QED) is 0.106. The number of nitrogens with one attached hydrogen (secondary N) is 1. The molecule has 148 valence electrons. The summed E-state index contributed by atoms with van der Waals surface area (Å²) in [5, 5.41) is 12.6. The number of methoxy groups -OCH3 is 1. The number of carbonyl (C=O) groups excluding carboxylic acids is 2. The molecule has 0 aromatic heterocycles. The molecule has 0 unspecified atom stereocenters. The Balaban J connectivity index is 3.66. The molecule has 0 fully saturated rings. The van der Waals surface area contributed by atoms with Crippen LogP contribution in [0.25, 0.3) is 0 Å². The second kappa shape index (κ2) is 9.12. The van der Waals surface area contributed by atoms with Gasteiger partial charge in [-0.2, -0.15) is 4.39 Å². The number of Topliss-reactive ketones (excluding diaryl/α,β-unsaturated/α-hetero) is 1. The van der Waals surface area contributed by atoms with Gasteiger partial charge in [0.2, 0.25) is 11.6 Å². The van der Waals surface area contributed by atoms with Gasteiger partial charge in [0.05, 0.1) is 12.0 Å². The van der Waals surface area contributed by atoms with Crippen LogP contribution in [0.1, 0.15) is 29.8 Å². The van der Waals surface area contributed by atoms with E-state index in [2.05, 4.69) is 10.2 Å². The molecule has 1 aromatic rings. The number of ether oxygens (including phenoxy) is 1. The number of hydrogen-bond donors (Lipinski definition) is 1. The van der Waals surface area contributed by atoms with E-state index in [0.29, 0.717) is 13.1 Å². The van der Waals surface area contributed by atoms with Crippen molar-refractivity contribution in [2.75, 3.05) is 20.2 Å². The fourth-order valence-corrected chi connectivity index (χ4v) is 2.17. The Morgan fingerprint density at radius 1 is 1.19 bits per heavy atom. The number of nitro groups is 1. The molecule has 1 rings (SSSR count). The lowest BCUT2D eigenvalue weighted by Crippen LogP contribution is -2.35. The molecule has 0 aliphatic carbocycles. The molecule has 1 aromatic carbocycles. The topological polar surface area (TPSA) is 102 Å². The van der Waals surface area contributed by atoms with Crippen LogP contribution in [0.5, 0.6) is 0 Å². The maximum atomic E-state index is 14.4. The summed E-state index contributed by atoms with van der Waals surface area (Å²) in [5.74, 6) is -8.18. The van der Waals surface area contributed by atoms with Crippen LogP contribution >= 0.6 is 0 Å². The van der Waals surface area contributed by atoms with Gasteiger partial charge in [0, 0.05) is 24.9 Å². The van der Waals surface area contributed by atoms with Crippen molar-refractivity contribution in [1.82, 2.24) is 10.4 Å². The molecular formula is C16H18F3N3O5. The Morgan fingerprint density at radius 3 is 2.19 bits per heavy atom. The summed E-state index contributed by atoms with van der Waals surface area (Å²) in [6.45, 7) is 5.23. The van der Waals surface area contributed by atoms with E-state index in [4.69, 9.17) is 0 Å². The molecule has 0 amide bonds. The van der Waals surface area contributed by atoms with Gasteiger partial charge in [-0.3, -0.25) is 14.9 Å². The van der Waals surface area contributed by atoms with Gasteiger partial charge in [-0.25, -0.2) is 18.6 Å². The van der Waals surface area contributed by atoms with Crippen molar-refractivity contribution in [2.24, 2.45) is 0 Å². The second-order valence-corrected chi connectivity index (χ2v) is 5.23. The van der Waals surface area contributed by atoms with Crippen LogP contribution < -0.4 is 5.43 Å². The van der Waals surface area contributed by atoms with Gasteiger partial charge in [0.25, 0.3) is 0 Å². The molecule has 0 radical (unpaired) electrons. The van der Waals surface area contributed by atoms with E-state index >= 15 is 0 Å². The summed E-state index contributed by atoms with van der Waals surface area (Å²) in [6.07, 6.45) is 0.862. The Bertz CT molecular complexity index is 807. The van der Waals surface area contributed by atoms with Crippen molar-refractivity contribution in [3.05, 3.63) is 50.5 Å². The van der Waals surface area contributed by atoms with Crippen LogP contribution in [0.15, 0.2) is 11.8 Å². The molecule has 0 heterocycles. The first-order valence-electron chi connectivity index (χ1n) is 7.77.